The van der Waals surface area contributed by atoms with E-state index < -0.39 is 18.0 Å². The maximum Gasteiger partial charge on any atom is 0.343 e. The van der Waals surface area contributed by atoms with Crippen molar-refractivity contribution in [1.29, 1.82) is 0 Å². The van der Waals surface area contributed by atoms with E-state index in [0.717, 1.165) is 16.7 Å². The summed E-state index contributed by atoms with van der Waals surface area (Å²) >= 11 is 0. The van der Waals surface area contributed by atoms with Crippen LogP contribution in [0.4, 0.5) is 0 Å². The van der Waals surface area contributed by atoms with E-state index in [9.17, 15) is 14.7 Å². The van der Waals surface area contributed by atoms with Crippen LogP contribution >= 0.6 is 0 Å². The molecule has 0 spiro atoms. The summed E-state index contributed by atoms with van der Waals surface area (Å²) in [6, 6.07) is 27.7. The fourth-order valence-electron chi connectivity index (χ4n) is 3.51. The third-order valence-electron chi connectivity index (χ3n) is 5.49. The fraction of sp³-hybridized carbons (Fsp3) is 0.133. The van der Waals surface area contributed by atoms with Gasteiger partial charge in [-0.15, -0.1) is 0 Å². The lowest BCUT2D eigenvalue weighted by Crippen LogP contribution is -2.08. The molecule has 1 unspecified atom stereocenters. The van der Waals surface area contributed by atoms with E-state index in [1.54, 1.807) is 79.7 Å². The minimum absolute atomic E-state index is 0.404. The Labute approximate surface area is 209 Å². The number of benzene rings is 4. The minimum Gasteiger partial charge on any atom is -0.494 e. The lowest BCUT2D eigenvalue weighted by Gasteiger charge is -2.09. The molecule has 36 heavy (non-hydrogen) atoms. The van der Waals surface area contributed by atoms with Gasteiger partial charge < -0.3 is 19.3 Å². The highest BCUT2D eigenvalue weighted by atomic mass is 16.5. The van der Waals surface area contributed by atoms with Crippen molar-refractivity contribution in [3.05, 3.63) is 114 Å². The minimum atomic E-state index is -0.583. The van der Waals surface area contributed by atoms with E-state index in [1.165, 1.54) is 0 Å². The first-order valence-corrected chi connectivity index (χ1v) is 11.6. The smallest absolute Gasteiger partial charge is 0.343 e. The lowest BCUT2D eigenvalue weighted by molar-refractivity contribution is 0.0725. The van der Waals surface area contributed by atoms with Crippen LogP contribution in [0.5, 0.6) is 17.2 Å². The molecule has 0 aliphatic carbocycles. The summed E-state index contributed by atoms with van der Waals surface area (Å²) in [6.45, 7) is 4.14. The number of carbonyl (C=O) groups is 2. The highest BCUT2D eigenvalue weighted by Gasteiger charge is 2.12. The quantitative estimate of drug-likeness (QED) is 0.236. The van der Waals surface area contributed by atoms with Gasteiger partial charge in [0.25, 0.3) is 0 Å². The van der Waals surface area contributed by atoms with Gasteiger partial charge in [0.2, 0.25) is 0 Å². The zero-order chi connectivity index (χ0) is 25.5. The number of hydrogen-bond donors (Lipinski definition) is 1. The van der Waals surface area contributed by atoms with E-state index in [2.05, 4.69) is 0 Å². The van der Waals surface area contributed by atoms with Crippen molar-refractivity contribution in [1.82, 2.24) is 0 Å². The van der Waals surface area contributed by atoms with Crippen molar-refractivity contribution < 1.29 is 28.9 Å². The number of hydrogen-bond acceptors (Lipinski definition) is 6. The molecule has 1 N–H and O–H groups in total. The molecule has 4 aromatic rings. The molecule has 0 saturated heterocycles. The molecule has 0 aliphatic heterocycles. The number of rotatable bonds is 8. The number of aliphatic hydroxyl groups is 1. The first-order valence-electron chi connectivity index (χ1n) is 11.6. The van der Waals surface area contributed by atoms with E-state index >= 15 is 0 Å². The zero-order valence-electron chi connectivity index (χ0n) is 20.0. The zero-order valence-corrected chi connectivity index (χ0v) is 20.0. The Balaban J connectivity index is 1.37. The second-order valence-electron chi connectivity index (χ2n) is 8.08. The molecule has 4 rings (SSSR count). The molecule has 0 amide bonds. The molecular weight excluding hydrogens is 456 g/mol. The number of carbonyl (C=O) groups excluding carboxylic acids is 2. The van der Waals surface area contributed by atoms with Crippen LogP contribution in [0.1, 0.15) is 46.2 Å². The predicted octanol–water partition coefficient (Wildman–Crippen LogP) is 6.24. The van der Waals surface area contributed by atoms with Gasteiger partial charge in [-0.05, 0) is 91.2 Å². The van der Waals surface area contributed by atoms with Gasteiger partial charge in [0.1, 0.15) is 17.2 Å². The van der Waals surface area contributed by atoms with E-state index in [1.807, 2.05) is 31.2 Å². The van der Waals surface area contributed by atoms with Crippen molar-refractivity contribution >= 4 is 11.9 Å². The number of ether oxygens (including phenoxy) is 3. The van der Waals surface area contributed by atoms with Gasteiger partial charge in [-0.2, -0.15) is 0 Å². The second kappa shape index (κ2) is 11.3. The summed E-state index contributed by atoms with van der Waals surface area (Å²) in [4.78, 5) is 24.9. The molecule has 6 nitrogen and oxygen atoms in total. The SMILES string of the molecule is CCOc1ccc(OC(=O)c2ccc(-c3ccc(C(=O)Oc4ccc(C(C)O)cc4)cc3)cc2)cc1. The van der Waals surface area contributed by atoms with Gasteiger partial charge in [0.05, 0.1) is 23.8 Å². The van der Waals surface area contributed by atoms with E-state index in [4.69, 9.17) is 14.2 Å². The van der Waals surface area contributed by atoms with Crippen LogP contribution in [-0.4, -0.2) is 23.7 Å². The predicted molar refractivity (Wildman–Crippen MR) is 136 cm³/mol. The Hall–Kier alpha value is -4.42. The topological polar surface area (TPSA) is 82.1 Å². The molecule has 6 heteroatoms. The van der Waals surface area contributed by atoms with E-state index in [0.29, 0.717) is 35.0 Å². The third kappa shape index (κ3) is 6.17. The molecule has 4 aromatic carbocycles. The molecule has 0 aliphatic rings. The maximum atomic E-state index is 12.5. The molecule has 0 saturated carbocycles. The summed E-state index contributed by atoms with van der Waals surface area (Å²) in [5.74, 6) is 0.631. The largest absolute Gasteiger partial charge is 0.494 e. The van der Waals surface area contributed by atoms with Crippen molar-refractivity contribution in [2.75, 3.05) is 6.61 Å². The van der Waals surface area contributed by atoms with Crippen molar-refractivity contribution in [2.24, 2.45) is 0 Å². The maximum absolute atomic E-state index is 12.5. The van der Waals surface area contributed by atoms with Crippen LogP contribution < -0.4 is 14.2 Å². The average molecular weight is 483 g/mol. The Morgan fingerprint density at radius 1 is 0.639 bits per heavy atom. The van der Waals surface area contributed by atoms with Gasteiger partial charge in [0.15, 0.2) is 0 Å². The second-order valence-corrected chi connectivity index (χ2v) is 8.08. The van der Waals surface area contributed by atoms with Gasteiger partial charge in [-0.3, -0.25) is 0 Å². The highest BCUT2D eigenvalue weighted by molar-refractivity contribution is 5.93. The molecule has 0 fully saturated rings. The molecule has 0 radical (unpaired) electrons. The van der Waals surface area contributed by atoms with Gasteiger partial charge in [0, 0.05) is 0 Å². The van der Waals surface area contributed by atoms with Crippen molar-refractivity contribution in [2.45, 2.75) is 20.0 Å². The Morgan fingerprint density at radius 2 is 1.03 bits per heavy atom. The Morgan fingerprint density at radius 3 is 1.42 bits per heavy atom. The van der Waals surface area contributed by atoms with Crippen molar-refractivity contribution in [3.8, 4) is 28.4 Å². The molecule has 0 bridgehead atoms. The van der Waals surface area contributed by atoms with E-state index in [-0.39, 0.29) is 0 Å². The highest BCUT2D eigenvalue weighted by Crippen LogP contribution is 2.23. The number of aliphatic hydroxyl groups excluding tert-OH is 1. The summed E-state index contributed by atoms with van der Waals surface area (Å²) < 4.78 is 16.2. The fourth-order valence-corrected chi connectivity index (χ4v) is 3.51. The van der Waals surface area contributed by atoms with Gasteiger partial charge in [-0.25, -0.2) is 9.59 Å². The van der Waals surface area contributed by atoms with Gasteiger partial charge in [-0.1, -0.05) is 36.4 Å². The molecule has 182 valence electrons. The summed E-state index contributed by atoms with van der Waals surface area (Å²) in [5.41, 5.74) is 3.36. The average Bonchev–Trinajstić information content (AvgIpc) is 2.90. The summed E-state index contributed by atoms with van der Waals surface area (Å²) in [6.07, 6.45) is -0.583. The molecule has 1 atom stereocenters. The van der Waals surface area contributed by atoms with Crippen LogP contribution in [-0.2, 0) is 0 Å². The summed E-state index contributed by atoms with van der Waals surface area (Å²) in [5, 5.41) is 9.59. The van der Waals surface area contributed by atoms with Crippen molar-refractivity contribution in [3.63, 3.8) is 0 Å². The van der Waals surface area contributed by atoms with Crippen LogP contribution in [0.15, 0.2) is 97.1 Å². The molecule has 0 heterocycles. The van der Waals surface area contributed by atoms with Crippen LogP contribution in [0.25, 0.3) is 11.1 Å². The Bertz CT molecular complexity index is 1310. The molecular formula is C30H26O6. The standard InChI is InChI=1S/C30H26O6/c1-3-34-26-16-18-28(19-17-26)36-30(33)25-10-6-23(7-11-25)22-4-8-24(9-5-22)29(32)35-27-14-12-21(13-15-27)20(2)31/h4-20,31H,3H2,1-2H3. The summed E-state index contributed by atoms with van der Waals surface area (Å²) in [7, 11) is 0. The first-order chi connectivity index (χ1) is 17.4. The Kier molecular flexibility index (Phi) is 7.78. The third-order valence-corrected chi connectivity index (χ3v) is 5.49. The molecule has 0 aromatic heterocycles. The van der Waals surface area contributed by atoms with Gasteiger partial charge >= 0.3 is 11.9 Å². The van der Waals surface area contributed by atoms with Crippen LogP contribution in [0.2, 0.25) is 0 Å². The van der Waals surface area contributed by atoms with Crippen LogP contribution in [0.3, 0.4) is 0 Å². The monoisotopic (exact) mass is 482 g/mol. The lowest BCUT2D eigenvalue weighted by atomic mass is 10.0. The van der Waals surface area contributed by atoms with Crippen LogP contribution in [0, 0.1) is 0 Å². The first kappa shape index (κ1) is 24.7. The number of esters is 2. The normalized spacial score (nSPS) is 11.4.